The van der Waals surface area contributed by atoms with Crippen LogP contribution in [0.2, 0.25) is 0 Å². The van der Waals surface area contributed by atoms with Crippen LogP contribution in [0.15, 0.2) is 36.4 Å². The maximum absolute atomic E-state index is 5.40. The fourth-order valence-corrected chi connectivity index (χ4v) is 2.51. The molecule has 0 aliphatic rings. The van der Waals surface area contributed by atoms with E-state index < -0.39 is 0 Å². The topological polar surface area (TPSA) is 14.2 Å². The summed E-state index contributed by atoms with van der Waals surface area (Å²) >= 11 is 0. The fourth-order valence-electron chi connectivity index (χ4n) is 2.51. The van der Waals surface area contributed by atoms with E-state index in [4.69, 9.17) is 4.74 Å². The molecule has 0 radical (unpaired) electrons. The van der Waals surface area contributed by atoms with Gasteiger partial charge in [0.15, 0.2) is 0 Å². The first kappa shape index (κ1) is 10.2. The molecule has 0 bridgehead atoms. The van der Waals surface area contributed by atoms with Crippen molar-refractivity contribution >= 4 is 21.8 Å². The zero-order chi connectivity index (χ0) is 12.0. The highest BCUT2D eigenvalue weighted by atomic mass is 16.5. The summed E-state index contributed by atoms with van der Waals surface area (Å²) in [4.78, 5) is 0. The number of rotatable bonds is 1. The summed E-state index contributed by atoms with van der Waals surface area (Å²) in [6.45, 7) is 2.08. The van der Waals surface area contributed by atoms with Gasteiger partial charge < -0.3 is 9.30 Å². The summed E-state index contributed by atoms with van der Waals surface area (Å²) in [5.74, 6) is 0.953. The van der Waals surface area contributed by atoms with E-state index in [-0.39, 0.29) is 0 Å². The molecule has 2 nitrogen and oxygen atoms in total. The normalized spacial score (nSPS) is 11.2. The Labute approximate surface area is 100 Å². The van der Waals surface area contributed by atoms with Gasteiger partial charge >= 0.3 is 0 Å². The Balaban J connectivity index is 2.54. The van der Waals surface area contributed by atoms with E-state index in [2.05, 4.69) is 54.9 Å². The Morgan fingerprint density at radius 3 is 2.53 bits per heavy atom. The molecule has 86 valence electrons. The van der Waals surface area contributed by atoms with Crippen LogP contribution in [0, 0.1) is 6.92 Å². The van der Waals surface area contributed by atoms with E-state index in [1.54, 1.807) is 7.11 Å². The number of nitrogens with zero attached hydrogens (tertiary/aromatic N) is 1. The van der Waals surface area contributed by atoms with Gasteiger partial charge in [-0.2, -0.15) is 0 Å². The Hall–Kier alpha value is -1.96. The van der Waals surface area contributed by atoms with Crippen molar-refractivity contribution in [3.8, 4) is 5.75 Å². The largest absolute Gasteiger partial charge is 0.496 e. The van der Waals surface area contributed by atoms with Gasteiger partial charge in [-0.25, -0.2) is 0 Å². The SMILES string of the molecule is COc1cc2c3ccccc3n(C)c2cc1C. The van der Waals surface area contributed by atoms with Crippen molar-refractivity contribution in [2.75, 3.05) is 7.11 Å². The highest BCUT2D eigenvalue weighted by Crippen LogP contribution is 2.32. The minimum atomic E-state index is 0.953. The zero-order valence-electron chi connectivity index (χ0n) is 10.3. The molecule has 1 heterocycles. The lowest BCUT2D eigenvalue weighted by atomic mass is 10.1. The van der Waals surface area contributed by atoms with Crippen LogP contribution in [0.1, 0.15) is 5.56 Å². The maximum Gasteiger partial charge on any atom is 0.122 e. The molecule has 0 saturated heterocycles. The molecule has 3 aromatic rings. The van der Waals surface area contributed by atoms with Gasteiger partial charge in [0.05, 0.1) is 7.11 Å². The number of benzene rings is 2. The average molecular weight is 225 g/mol. The number of aromatic nitrogens is 1. The van der Waals surface area contributed by atoms with E-state index in [9.17, 15) is 0 Å². The highest BCUT2D eigenvalue weighted by molar-refractivity contribution is 6.08. The molecule has 0 unspecified atom stereocenters. The van der Waals surface area contributed by atoms with E-state index in [1.165, 1.54) is 27.4 Å². The number of aryl methyl sites for hydroxylation is 2. The van der Waals surface area contributed by atoms with Gasteiger partial charge in [-0.15, -0.1) is 0 Å². The molecule has 17 heavy (non-hydrogen) atoms. The van der Waals surface area contributed by atoms with Gasteiger partial charge in [0.25, 0.3) is 0 Å². The minimum absolute atomic E-state index is 0.953. The Morgan fingerprint density at radius 2 is 1.76 bits per heavy atom. The highest BCUT2D eigenvalue weighted by Gasteiger charge is 2.10. The van der Waals surface area contributed by atoms with Gasteiger partial charge in [-0.1, -0.05) is 18.2 Å². The second-order valence-electron chi connectivity index (χ2n) is 4.42. The Morgan fingerprint density at radius 1 is 1.00 bits per heavy atom. The van der Waals surface area contributed by atoms with Crippen LogP contribution in [-0.2, 0) is 7.05 Å². The molecule has 0 aliphatic carbocycles. The predicted octanol–water partition coefficient (Wildman–Crippen LogP) is 3.65. The number of hydrogen-bond acceptors (Lipinski definition) is 1. The third-order valence-electron chi connectivity index (χ3n) is 3.43. The van der Waals surface area contributed by atoms with Crippen LogP contribution in [0.4, 0.5) is 0 Å². The second kappa shape index (κ2) is 3.52. The van der Waals surface area contributed by atoms with Crippen molar-refractivity contribution in [3.05, 3.63) is 42.0 Å². The monoisotopic (exact) mass is 225 g/mol. The van der Waals surface area contributed by atoms with Crippen molar-refractivity contribution in [1.82, 2.24) is 4.57 Å². The molecule has 0 aliphatic heterocycles. The van der Waals surface area contributed by atoms with Crippen molar-refractivity contribution < 1.29 is 4.74 Å². The molecule has 2 heteroatoms. The molecule has 0 N–H and O–H groups in total. The Kier molecular flexibility index (Phi) is 2.11. The van der Waals surface area contributed by atoms with E-state index in [0.29, 0.717) is 0 Å². The standard InChI is InChI=1S/C15H15NO/c1-10-8-14-12(9-15(10)17-3)11-6-4-5-7-13(11)16(14)2/h4-9H,1-3H3. The van der Waals surface area contributed by atoms with Crippen LogP contribution in [0.3, 0.4) is 0 Å². The van der Waals surface area contributed by atoms with E-state index in [1.807, 2.05) is 0 Å². The molecule has 0 saturated carbocycles. The van der Waals surface area contributed by atoms with Crippen molar-refractivity contribution in [1.29, 1.82) is 0 Å². The van der Waals surface area contributed by atoms with Crippen LogP contribution in [-0.4, -0.2) is 11.7 Å². The van der Waals surface area contributed by atoms with Crippen LogP contribution >= 0.6 is 0 Å². The first-order chi connectivity index (χ1) is 8.22. The van der Waals surface area contributed by atoms with Crippen molar-refractivity contribution in [2.24, 2.45) is 7.05 Å². The number of methoxy groups -OCH3 is 1. The number of ether oxygens (including phenoxy) is 1. The van der Waals surface area contributed by atoms with E-state index >= 15 is 0 Å². The lowest BCUT2D eigenvalue weighted by molar-refractivity contribution is 0.412. The second-order valence-corrected chi connectivity index (χ2v) is 4.42. The molecular weight excluding hydrogens is 210 g/mol. The van der Waals surface area contributed by atoms with Crippen molar-refractivity contribution in [2.45, 2.75) is 6.92 Å². The summed E-state index contributed by atoms with van der Waals surface area (Å²) < 4.78 is 7.64. The summed E-state index contributed by atoms with van der Waals surface area (Å²) in [5, 5.41) is 2.54. The molecule has 0 spiro atoms. The molecule has 2 aromatic carbocycles. The van der Waals surface area contributed by atoms with Crippen LogP contribution in [0.25, 0.3) is 21.8 Å². The fraction of sp³-hybridized carbons (Fsp3) is 0.200. The quantitative estimate of drug-likeness (QED) is 0.616. The van der Waals surface area contributed by atoms with Gasteiger partial charge in [-0.3, -0.25) is 0 Å². The van der Waals surface area contributed by atoms with Crippen molar-refractivity contribution in [3.63, 3.8) is 0 Å². The lowest BCUT2D eigenvalue weighted by Gasteiger charge is -2.05. The number of hydrogen-bond donors (Lipinski definition) is 0. The molecule has 3 rings (SSSR count). The van der Waals surface area contributed by atoms with Gasteiger partial charge in [-0.05, 0) is 30.7 Å². The van der Waals surface area contributed by atoms with Crippen LogP contribution in [0.5, 0.6) is 5.75 Å². The number of fused-ring (bicyclic) bond motifs is 3. The van der Waals surface area contributed by atoms with E-state index in [0.717, 1.165) is 5.75 Å². The third kappa shape index (κ3) is 1.34. The molecule has 0 fully saturated rings. The molecule has 0 atom stereocenters. The smallest absolute Gasteiger partial charge is 0.122 e. The number of para-hydroxylation sites is 1. The Bertz CT molecular complexity index is 710. The molecule has 1 aromatic heterocycles. The third-order valence-corrected chi connectivity index (χ3v) is 3.43. The minimum Gasteiger partial charge on any atom is -0.496 e. The molecular formula is C15H15NO. The summed E-state index contributed by atoms with van der Waals surface area (Å²) in [6, 6.07) is 12.8. The lowest BCUT2D eigenvalue weighted by Crippen LogP contribution is -1.89. The van der Waals surface area contributed by atoms with Gasteiger partial charge in [0.1, 0.15) is 5.75 Å². The van der Waals surface area contributed by atoms with Crippen LogP contribution < -0.4 is 4.74 Å². The summed E-state index contributed by atoms with van der Waals surface area (Å²) in [6.07, 6.45) is 0. The summed E-state index contributed by atoms with van der Waals surface area (Å²) in [5.41, 5.74) is 3.69. The predicted molar refractivity (Wildman–Crippen MR) is 71.7 cm³/mol. The van der Waals surface area contributed by atoms with Gasteiger partial charge in [0.2, 0.25) is 0 Å². The first-order valence-electron chi connectivity index (χ1n) is 5.74. The van der Waals surface area contributed by atoms with Gasteiger partial charge in [0, 0.05) is 28.9 Å². The maximum atomic E-state index is 5.40. The first-order valence-corrected chi connectivity index (χ1v) is 5.74. The zero-order valence-corrected chi connectivity index (χ0v) is 10.3. The molecule has 0 amide bonds. The summed E-state index contributed by atoms with van der Waals surface area (Å²) in [7, 11) is 3.83. The average Bonchev–Trinajstić information content (AvgIpc) is 2.63.